The Hall–Kier alpha value is -1.12. The Balaban J connectivity index is 2.46. The highest BCUT2D eigenvalue weighted by Crippen LogP contribution is 2.47. The van der Waals surface area contributed by atoms with E-state index in [0.717, 1.165) is 30.4 Å². The van der Waals surface area contributed by atoms with Gasteiger partial charge in [0, 0.05) is 18.3 Å². The van der Waals surface area contributed by atoms with Crippen LogP contribution in [0.2, 0.25) is 0 Å². The minimum Gasteiger partial charge on any atom is -0.302 e. The van der Waals surface area contributed by atoms with Crippen LogP contribution in [0, 0.1) is 6.92 Å². The fourth-order valence-corrected chi connectivity index (χ4v) is 1.57. The molecule has 0 bridgehead atoms. The number of nitrogens with zero attached hydrogens (tertiary/aromatic N) is 2. The van der Waals surface area contributed by atoms with Gasteiger partial charge in [0.15, 0.2) is 0 Å². The zero-order valence-corrected chi connectivity index (χ0v) is 7.37. The van der Waals surface area contributed by atoms with Gasteiger partial charge in [0.2, 0.25) is 0 Å². The van der Waals surface area contributed by atoms with E-state index < -0.39 is 0 Å². The number of rotatable bonds is 2. The number of aryl methyl sites for hydroxylation is 1. The van der Waals surface area contributed by atoms with E-state index in [1.807, 2.05) is 24.9 Å². The maximum absolute atomic E-state index is 10.8. The van der Waals surface area contributed by atoms with Crippen molar-refractivity contribution >= 4 is 6.29 Å². The minimum absolute atomic E-state index is 0.168. The summed E-state index contributed by atoms with van der Waals surface area (Å²) in [5.74, 6) is 0. The van der Waals surface area contributed by atoms with Gasteiger partial charge in [0.05, 0.1) is 11.6 Å². The molecule has 0 saturated heterocycles. The predicted octanol–water partition coefficient (Wildman–Crippen LogP) is 0.959. The molecule has 64 valence electrons. The summed E-state index contributed by atoms with van der Waals surface area (Å²) in [6.07, 6.45) is 4.86. The van der Waals surface area contributed by atoms with Crippen LogP contribution in [0.1, 0.15) is 24.1 Å². The number of hydrogen-bond acceptors (Lipinski definition) is 2. The molecule has 1 aromatic rings. The van der Waals surface area contributed by atoms with Crippen molar-refractivity contribution in [2.75, 3.05) is 0 Å². The summed E-state index contributed by atoms with van der Waals surface area (Å²) < 4.78 is 1.82. The van der Waals surface area contributed by atoms with Crippen LogP contribution in [0.25, 0.3) is 0 Å². The van der Waals surface area contributed by atoms with E-state index in [0.29, 0.717) is 0 Å². The summed E-state index contributed by atoms with van der Waals surface area (Å²) in [7, 11) is 1.90. The Morgan fingerprint density at radius 3 is 2.67 bits per heavy atom. The highest BCUT2D eigenvalue weighted by atomic mass is 16.1. The van der Waals surface area contributed by atoms with E-state index >= 15 is 0 Å². The third kappa shape index (κ3) is 0.823. The molecule has 1 aliphatic rings. The van der Waals surface area contributed by atoms with Gasteiger partial charge in [0.25, 0.3) is 0 Å². The summed E-state index contributed by atoms with van der Waals surface area (Å²) >= 11 is 0. The molecule has 12 heavy (non-hydrogen) atoms. The topological polar surface area (TPSA) is 34.9 Å². The van der Waals surface area contributed by atoms with E-state index in [1.54, 1.807) is 0 Å². The van der Waals surface area contributed by atoms with Crippen molar-refractivity contribution in [3.05, 3.63) is 17.5 Å². The van der Waals surface area contributed by atoms with Crippen LogP contribution in [0.4, 0.5) is 0 Å². The highest BCUT2D eigenvalue weighted by molar-refractivity contribution is 5.73. The summed E-state index contributed by atoms with van der Waals surface area (Å²) in [6.45, 7) is 2.01. The summed E-state index contributed by atoms with van der Waals surface area (Å²) in [5.41, 5.74) is 2.05. The van der Waals surface area contributed by atoms with Crippen molar-refractivity contribution in [2.24, 2.45) is 7.05 Å². The smallest absolute Gasteiger partial charge is 0.130 e. The van der Waals surface area contributed by atoms with E-state index in [2.05, 4.69) is 5.10 Å². The fraction of sp³-hybridized carbons (Fsp3) is 0.556. The first kappa shape index (κ1) is 7.53. The molecule has 0 unspecified atom stereocenters. The molecule has 0 atom stereocenters. The Morgan fingerprint density at radius 1 is 1.67 bits per heavy atom. The second-order valence-electron chi connectivity index (χ2n) is 3.54. The molecule has 0 aromatic carbocycles. The fourth-order valence-electron chi connectivity index (χ4n) is 1.57. The lowest BCUT2D eigenvalue weighted by molar-refractivity contribution is -0.109. The Labute approximate surface area is 71.4 Å². The summed E-state index contributed by atoms with van der Waals surface area (Å²) in [5, 5.41) is 4.13. The molecule has 1 aromatic heterocycles. The number of aromatic nitrogens is 2. The molecule has 3 nitrogen and oxygen atoms in total. The van der Waals surface area contributed by atoms with Gasteiger partial charge < -0.3 is 4.79 Å². The van der Waals surface area contributed by atoms with Gasteiger partial charge in [-0.15, -0.1) is 0 Å². The van der Waals surface area contributed by atoms with Crippen molar-refractivity contribution in [1.29, 1.82) is 0 Å². The molecule has 0 spiro atoms. The number of hydrogen-bond donors (Lipinski definition) is 0. The highest BCUT2D eigenvalue weighted by Gasteiger charge is 2.46. The van der Waals surface area contributed by atoms with Crippen molar-refractivity contribution in [3.8, 4) is 0 Å². The predicted molar refractivity (Wildman–Crippen MR) is 44.9 cm³/mol. The zero-order chi connectivity index (χ0) is 8.77. The SMILES string of the molecule is Cc1c(C2(C=O)CC2)cnn1C. The Kier molecular flexibility index (Phi) is 1.37. The molecular weight excluding hydrogens is 152 g/mol. The molecule has 1 saturated carbocycles. The average molecular weight is 164 g/mol. The van der Waals surface area contributed by atoms with Crippen LogP contribution >= 0.6 is 0 Å². The van der Waals surface area contributed by atoms with Gasteiger partial charge in [-0.1, -0.05) is 0 Å². The summed E-state index contributed by atoms with van der Waals surface area (Å²) in [4.78, 5) is 10.8. The van der Waals surface area contributed by atoms with Gasteiger partial charge in [-0.25, -0.2) is 0 Å². The lowest BCUT2D eigenvalue weighted by Gasteiger charge is -2.04. The van der Waals surface area contributed by atoms with Gasteiger partial charge in [-0.05, 0) is 19.8 Å². The second-order valence-corrected chi connectivity index (χ2v) is 3.54. The van der Waals surface area contributed by atoms with Gasteiger partial charge >= 0.3 is 0 Å². The van der Waals surface area contributed by atoms with Crippen molar-refractivity contribution in [3.63, 3.8) is 0 Å². The first-order chi connectivity index (χ1) is 5.69. The van der Waals surface area contributed by atoms with Crippen molar-refractivity contribution < 1.29 is 4.79 Å². The largest absolute Gasteiger partial charge is 0.302 e. The molecule has 0 radical (unpaired) electrons. The van der Waals surface area contributed by atoms with E-state index in [-0.39, 0.29) is 5.41 Å². The molecule has 0 N–H and O–H groups in total. The molecule has 1 fully saturated rings. The Bertz CT molecular complexity index is 323. The first-order valence-electron chi connectivity index (χ1n) is 4.15. The molecule has 0 aliphatic heterocycles. The number of aldehydes is 1. The number of carbonyl (C=O) groups excluding carboxylic acids is 1. The lowest BCUT2D eigenvalue weighted by Crippen LogP contribution is -2.09. The van der Waals surface area contributed by atoms with E-state index in [9.17, 15) is 4.79 Å². The molecular formula is C9H12N2O. The maximum Gasteiger partial charge on any atom is 0.130 e. The quantitative estimate of drug-likeness (QED) is 0.610. The number of carbonyl (C=O) groups is 1. The van der Waals surface area contributed by atoms with Crippen LogP contribution in [0.3, 0.4) is 0 Å². The Morgan fingerprint density at radius 2 is 2.33 bits per heavy atom. The summed E-state index contributed by atoms with van der Waals surface area (Å²) in [6, 6.07) is 0. The molecule has 1 heterocycles. The van der Waals surface area contributed by atoms with Crippen molar-refractivity contribution in [2.45, 2.75) is 25.2 Å². The van der Waals surface area contributed by atoms with Crippen LogP contribution in [0.5, 0.6) is 0 Å². The first-order valence-corrected chi connectivity index (χ1v) is 4.15. The van der Waals surface area contributed by atoms with Crippen LogP contribution in [0.15, 0.2) is 6.20 Å². The second kappa shape index (κ2) is 2.19. The average Bonchev–Trinajstić information content (AvgIpc) is 2.79. The normalized spacial score (nSPS) is 19.2. The van der Waals surface area contributed by atoms with E-state index in [1.165, 1.54) is 0 Å². The third-order valence-electron chi connectivity index (χ3n) is 2.79. The zero-order valence-electron chi connectivity index (χ0n) is 7.37. The maximum atomic E-state index is 10.8. The van der Waals surface area contributed by atoms with E-state index in [4.69, 9.17) is 0 Å². The molecule has 3 heteroatoms. The van der Waals surface area contributed by atoms with Gasteiger partial charge in [-0.2, -0.15) is 5.10 Å². The minimum atomic E-state index is -0.168. The standard InChI is InChI=1S/C9H12N2O/c1-7-8(5-10-11(7)2)9(6-12)3-4-9/h5-6H,3-4H2,1-2H3. The molecule has 2 rings (SSSR count). The van der Waals surface area contributed by atoms with Gasteiger partial charge in [0.1, 0.15) is 6.29 Å². The van der Waals surface area contributed by atoms with Crippen LogP contribution < -0.4 is 0 Å². The molecule has 0 amide bonds. The van der Waals surface area contributed by atoms with Gasteiger partial charge in [-0.3, -0.25) is 4.68 Å². The van der Waals surface area contributed by atoms with Crippen molar-refractivity contribution in [1.82, 2.24) is 9.78 Å². The lowest BCUT2D eigenvalue weighted by atomic mass is 9.99. The van der Waals surface area contributed by atoms with Crippen LogP contribution in [-0.4, -0.2) is 16.1 Å². The monoisotopic (exact) mass is 164 g/mol. The molecule has 1 aliphatic carbocycles. The van der Waals surface area contributed by atoms with Crippen LogP contribution in [-0.2, 0) is 17.3 Å². The third-order valence-corrected chi connectivity index (χ3v) is 2.79.